The number of nitriles is 1. The van der Waals surface area contributed by atoms with Crippen molar-refractivity contribution in [2.45, 2.75) is 0 Å². The number of hydrogen-bond donors (Lipinski definition) is 0. The average Bonchev–Trinajstić information content (AvgIpc) is 2.14. The highest BCUT2D eigenvalue weighted by Gasteiger charge is 2.10. The van der Waals surface area contributed by atoms with Gasteiger partial charge in [0.1, 0.15) is 11.0 Å². The highest BCUT2D eigenvalue weighted by Crippen LogP contribution is 2.19. The molecule has 0 bridgehead atoms. The molecule has 1 rings (SSSR count). The standard InChI is InChI=1S/C10H8ClNO2S/c1-15(13,14)9(7-12)6-8-4-2-3-5-10(8)11/h2-6H,1H3. The molecule has 0 aliphatic carbocycles. The van der Waals surface area contributed by atoms with Crippen molar-refractivity contribution in [3.8, 4) is 6.07 Å². The van der Waals surface area contributed by atoms with Crippen LogP contribution < -0.4 is 0 Å². The predicted octanol–water partition coefficient (Wildman–Crippen LogP) is 2.25. The molecule has 0 saturated heterocycles. The van der Waals surface area contributed by atoms with Crippen LogP contribution >= 0.6 is 11.6 Å². The maximum Gasteiger partial charge on any atom is 0.185 e. The lowest BCUT2D eigenvalue weighted by Crippen LogP contribution is -1.98. The van der Waals surface area contributed by atoms with Crippen molar-refractivity contribution in [2.24, 2.45) is 0 Å². The van der Waals surface area contributed by atoms with Gasteiger partial charge in [0.25, 0.3) is 0 Å². The number of sulfone groups is 1. The van der Waals surface area contributed by atoms with Crippen LogP contribution in [0.15, 0.2) is 29.2 Å². The fraction of sp³-hybridized carbons (Fsp3) is 0.100. The fourth-order valence-electron chi connectivity index (χ4n) is 0.956. The lowest BCUT2D eigenvalue weighted by atomic mass is 10.2. The van der Waals surface area contributed by atoms with E-state index in [4.69, 9.17) is 16.9 Å². The van der Waals surface area contributed by atoms with E-state index in [0.29, 0.717) is 10.6 Å². The van der Waals surface area contributed by atoms with Crippen molar-refractivity contribution in [1.82, 2.24) is 0 Å². The topological polar surface area (TPSA) is 57.9 Å². The van der Waals surface area contributed by atoms with E-state index in [1.807, 2.05) is 0 Å². The first kappa shape index (κ1) is 11.8. The van der Waals surface area contributed by atoms with E-state index in [1.165, 1.54) is 6.08 Å². The maximum atomic E-state index is 11.1. The summed E-state index contributed by atoms with van der Waals surface area (Å²) in [6.45, 7) is 0. The Balaban J connectivity index is 3.30. The van der Waals surface area contributed by atoms with Gasteiger partial charge in [0.15, 0.2) is 9.84 Å². The van der Waals surface area contributed by atoms with Crippen molar-refractivity contribution in [3.05, 3.63) is 39.8 Å². The highest BCUT2D eigenvalue weighted by atomic mass is 35.5. The highest BCUT2D eigenvalue weighted by molar-refractivity contribution is 7.95. The molecule has 5 heteroatoms. The minimum atomic E-state index is -3.49. The Bertz CT molecular complexity index is 541. The van der Waals surface area contributed by atoms with Crippen LogP contribution in [-0.4, -0.2) is 14.7 Å². The van der Waals surface area contributed by atoms with Gasteiger partial charge < -0.3 is 0 Å². The molecular weight excluding hydrogens is 234 g/mol. The summed E-state index contributed by atoms with van der Waals surface area (Å²) < 4.78 is 22.3. The Morgan fingerprint density at radius 3 is 2.53 bits per heavy atom. The summed E-state index contributed by atoms with van der Waals surface area (Å²) in [6, 6.07) is 8.35. The second kappa shape index (κ2) is 4.47. The molecule has 0 atom stereocenters. The van der Waals surface area contributed by atoms with E-state index in [9.17, 15) is 8.42 Å². The fourth-order valence-corrected chi connectivity index (χ4v) is 1.65. The van der Waals surface area contributed by atoms with Gasteiger partial charge >= 0.3 is 0 Å². The van der Waals surface area contributed by atoms with Gasteiger partial charge in [0.2, 0.25) is 0 Å². The molecule has 1 aromatic carbocycles. The maximum absolute atomic E-state index is 11.1. The van der Waals surface area contributed by atoms with Crippen molar-refractivity contribution in [2.75, 3.05) is 6.26 Å². The van der Waals surface area contributed by atoms with Crippen molar-refractivity contribution >= 4 is 27.5 Å². The Kier molecular flexibility index (Phi) is 3.51. The van der Waals surface area contributed by atoms with E-state index in [0.717, 1.165) is 6.26 Å². The Hall–Kier alpha value is -1.31. The largest absolute Gasteiger partial charge is 0.223 e. The van der Waals surface area contributed by atoms with E-state index in [-0.39, 0.29) is 4.91 Å². The molecule has 0 radical (unpaired) electrons. The lowest BCUT2D eigenvalue weighted by Gasteiger charge is -1.98. The van der Waals surface area contributed by atoms with Crippen LogP contribution in [0, 0.1) is 11.3 Å². The van der Waals surface area contributed by atoms with Crippen LogP contribution in [0.2, 0.25) is 5.02 Å². The summed E-state index contributed by atoms with van der Waals surface area (Å²) in [5.41, 5.74) is 0.515. The number of halogens is 1. The Morgan fingerprint density at radius 2 is 2.07 bits per heavy atom. The third kappa shape index (κ3) is 3.08. The van der Waals surface area contributed by atoms with E-state index in [1.54, 1.807) is 30.3 Å². The molecule has 0 saturated carbocycles. The van der Waals surface area contributed by atoms with Gasteiger partial charge in [-0.1, -0.05) is 29.8 Å². The van der Waals surface area contributed by atoms with Crippen molar-refractivity contribution < 1.29 is 8.42 Å². The molecule has 0 unspecified atom stereocenters. The van der Waals surface area contributed by atoms with Gasteiger partial charge in [0.05, 0.1) is 0 Å². The summed E-state index contributed by atoms with van der Waals surface area (Å²) in [4.78, 5) is -0.296. The van der Waals surface area contributed by atoms with Crippen LogP contribution in [0.5, 0.6) is 0 Å². The van der Waals surface area contributed by atoms with E-state index >= 15 is 0 Å². The second-order valence-electron chi connectivity index (χ2n) is 2.91. The molecule has 78 valence electrons. The Labute approximate surface area is 93.5 Å². The molecule has 0 N–H and O–H groups in total. The van der Waals surface area contributed by atoms with Crippen LogP contribution in [0.4, 0.5) is 0 Å². The molecule has 1 aromatic rings. The van der Waals surface area contributed by atoms with E-state index in [2.05, 4.69) is 0 Å². The summed E-state index contributed by atoms with van der Waals surface area (Å²) >= 11 is 5.83. The minimum absolute atomic E-state index is 0.296. The number of allylic oxidation sites excluding steroid dienone is 1. The zero-order chi connectivity index (χ0) is 11.5. The smallest absolute Gasteiger partial charge is 0.185 e. The third-order valence-electron chi connectivity index (χ3n) is 1.70. The van der Waals surface area contributed by atoms with Gasteiger partial charge in [-0.2, -0.15) is 5.26 Å². The zero-order valence-electron chi connectivity index (χ0n) is 7.94. The lowest BCUT2D eigenvalue weighted by molar-refractivity contribution is 0.609. The van der Waals surface area contributed by atoms with Crippen LogP contribution in [0.25, 0.3) is 6.08 Å². The molecular formula is C10H8ClNO2S. The molecule has 0 heterocycles. The van der Waals surface area contributed by atoms with Crippen molar-refractivity contribution in [1.29, 1.82) is 5.26 Å². The quantitative estimate of drug-likeness (QED) is 0.747. The molecule has 15 heavy (non-hydrogen) atoms. The Morgan fingerprint density at radius 1 is 1.47 bits per heavy atom. The average molecular weight is 242 g/mol. The van der Waals surface area contributed by atoms with Gasteiger partial charge in [-0.05, 0) is 17.7 Å². The van der Waals surface area contributed by atoms with Gasteiger partial charge in [0, 0.05) is 11.3 Å². The molecule has 3 nitrogen and oxygen atoms in total. The minimum Gasteiger partial charge on any atom is -0.223 e. The summed E-state index contributed by atoms with van der Waals surface area (Å²) in [5, 5.41) is 9.08. The monoisotopic (exact) mass is 241 g/mol. The van der Waals surface area contributed by atoms with Crippen molar-refractivity contribution in [3.63, 3.8) is 0 Å². The predicted molar refractivity (Wildman–Crippen MR) is 59.9 cm³/mol. The summed E-state index contributed by atoms with van der Waals surface area (Å²) in [6.07, 6.45) is 2.25. The molecule has 0 fully saturated rings. The van der Waals surface area contributed by atoms with Gasteiger partial charge in [-0.3, -0.25) is 0 Å². The number of nitrogens with zero attached hydrogens (tertiary/aromatic N) is 1. The number of benzene rings is 1. The summed E-state index contributed by atoms with van der Waals surface area (Å²) in [7, 11) is -3.49. The summed E-state index contributed by atoms with van der Waals surface area (Å²) in [5.74, 6) is 0. The molecule has 0 amide bonds. The molecule has 0 aliphatic heterocycles. The first-order valence-corrected chi connectivity index (χ1v) is 6.28. The molecule has 0 aromatic heterocycles. The van der Waals surface area contributed by atoms with Crippen LogP contribution in [0.1, 0.15) is 5.56 Å². The molecule has 0 aliphatic rings. The van der Waals surface area contributed by atoms with Gasteiger partial charge in [-0.15, -0.1) is 0 Å². The zero-order valence-corrected chi connectivity index (χ0v) is 9.51. The first-order chi connectivity index (χ1) is 6.95. The first-order valence-electron chi connectivity index (χ1n) is 4.01. The second-order valence-corrected chi connectivity index (χ2v) is 5.31. The molecule has 0 spiro atoms. The third-order valence-corrected chi connectivity index (χ3v) is 3.05. The normalized spacial score (nSPS) is 12.2. The van der Waals surface area contributed by atoms with Crippen LogP contribution in [0.3, 0.4) is 0 Å². The van der Waals surface area contributed by atoms with Crippen LogP contribution in [-0.2, 0) is 9.84 Å². The van der Waals surface area contributed by atoms with Gasteiger partial charge in [-0.25, -0.2) is 8.42 Å². The number of rotatable bonds is 2. The number of hydrogen-bond acceptors (Lipinski definition) is 3. The SMILES string of the molecule is CS(=O)(=O)C(C#N)=Cc1ccccc1Cl. The van der Waals surface area contributed by atoms with E-state index < -0.39 is 9.84 Å².